The Bertz CT molecular complexity index is 1090. The van der Waals surface area contributed by atoms with E-state index in [0.29, 0.717) is 41.7 Å². The number of nitrogens with zero attached hydrogens (tertiary/aromatic N) is 7. The van der Waals surface area contributed by atoms with Crippen LogP contribution in [0, 0.1) is 11.3 Å². The zero-order valence-corrected chi connectivity index (χ0v) is 15.7. The van der Waals surface area contributed by atoms with Crippen LogP contribution in [0.4, 0.5) is 0 Å². The van der Waals surface area contributed by atoms with E-state index >= 15 is 0 Å². The molecule has 1 aliphatic carbocycles. The first-order chi connectivity index (χ1) is 14.2. The second kappa shape index (κ2) is 7.13. The van der Waals surface area contributed by atoms with Crippen LogP contribution in [0.25, 0.3) is 11.6 Å². The lowest BCUT2D eigenvalue weighted by Gasteiger charge is -2.32. The fraction of sp³-hybridized carbons (Fsp3) is 0.400. The van der Waals surface area contributed by atoms with Crippen molar-refractivity contribution in [3.8, 4) is 17.7 Å². The van der Waals surface area contributed by atoms with Crippen molar-refractivity contribution in [1.29, 1.82) is 5.26 Å². The Kier molecular flexibility index (Phi) is 4.31. The van der Waals surface area contributed by atoms with Gasteiger partial charge in [-0.15, -0.1) is 5.10 Å². The van der Waals surface area contributed by atoms with E-state index in [4.69, 9.17) is 9.78 Å². The SMILES string of the molecule is N#Cc1cccc(C(=O)N2CCCC(n3cc(-c4nc(C5CC5)no4)nn3)C2)c1. The average Bonchev–Trinajstić information content (AvgIpc) is 3.29. The van der Waals surface area contributed by atoms with Gasteiger partial charge < -0.3 is 9.42 Å². The Morgan fingerprint density at radius 2 is 2.17 bits per heavy atom. The van der Waals surface area contributed by atoms with Crippen LogP contribution < -0.4 is 0 Å². The van der Waals surface area contributed by atoms with Crippen LogP contribution in [-0.4, -0.2) is 49.0 Å². The first kappa shape index (κ1) is 17.6. The Labute approximate surface area is 166 Å². The molecule has 3 aromatic rings. The number of nitriles is 1. The number of hydrogen-bond acceptors (Lipinski definition) is 7. The van der Waals surface area contributed by atoms with Gasteiger partial charge in [-0.1, -0.05) is 16.4 Å². The van der Waals surface area contributed by atoms with Crippen molar-refractivity contribution >= 4 is 5.91 Å². The number of rotatable bonds is 4. The van der Waals surface area contributed by atoms with Gasteiger partial charge in [0.2, 0.25) is 0 Å². The smallest absolute Gasteiger partial charge is 0.280 e. The van der Waals surface area contributed by atoms with Gasteiger partial charge in [0, 0.05) is 24.6 Å². The predicted octanol–water partition coefficient (Wildman–Crippen LogP) is 2.55. The third-order valence-corrected chi connectivity index (χ3v) is 5.41. The lowest BCUT2D eigenvalue weighted by atomic mass is 10.0. The van der Waals surface area contributed by atoms with Gasteiger partial charge in [0.15, 0.2) is 11.5 Å². The summed E-state index contributed by atoms with van der Waals surface area (Å²) in [6.07, 6.45) is 5.79. The Hall–Kier alpha value is -3.54. The fourth-order valence-corrected chi connectivity index (χ4v) is 3.66. The topological polar surface area (TPSA) is 114 Å². The molecule has 2 aromatic heterocycles. The van der Waals surface area contributed by atoms with Crippen LogP contribution in [0.2, 0.25) is 0 Å². The van der Waals surface area contributed by atoms with E-state index < -0.39 is 0 Å². The summed E-state index contributed by atoms with van der Waals surface area (Å²) in [7, 11) is 0. The molecule has 1 saturated carbocycles. The molecule has 0 N–H and O–H groups in total. The van der Waals surface area contributed by atoms with E-state index in [1.807, 2.05) is 4.90 Å². The number of amides is 1. The summed E-state index contributed by atoms with van der Waals surface area (Å²) in [6, 6.07) is 8.91. The third-order valence-electron chi connectivity index (χ3n) is 5.41. The summed E-state index contributed by atoms with van der Waals surface area (Å²) < 4.78 is 7.10. The summed E-state index contributed by atoms with van der Waals surface area (Å²) >= 11 is 0. The van der Waals surface area contributed by atoms with Crippen LogP contribution in [0.5, 0.6) is 0 Å². The van der Waals surface area contributed by atoms with Gasteiger partial charge in [-0.3, -0.25) is 4.79 Å². The van der Waals surface area contributed by atoms with Gasteiger partial charge in [-0.25, -0.2) is 4.68 Å². The predicted molar refractivity (Wildman–Crippen MR) is 101 cm³/mol. The molecule has 0 radical (unpaired) electrons. The van der Waals surface area contributed by atoms with Gasteiger partial charge in [0.25, 0.3) is 11.8 Å². The number of carbonyl (C=O) groups is 1. The van der Waals surface area contributed by atoms with Crippen LogP contribution in [0.3, 0.4) is 0 Å². The molecule has 5 rings (SSSR count). The zero-order valence-electron chi connectivity index (χ0n) is 15.7. The second-order valence-corrected chi connectivity index (χ2v) is 7.56. The van der Waals surface area contributed by atoms with Crippen molar-refractivity contribution < 1.29 is 9.32 Å². The molecule has 1 saturated heterocycles. The minimum atomic E-state index is -0.0712. The highest BCUT2D eigenvalue weighted by Gasteiger charge is 2.30. The van der Waals surface area contributed by atoms with Crippen LogP contribution in [0.15, 0.2) is 35.0 Å². The minimum Gasteiger partial charge on any atom is -0.337 e. The average molecular weight is 389 g/mol. The second-order valence-electron chi connectivity index (χ2n) is 7.56. The normalized spacial score (nSPS) is 19.1. The van der Waals surface area contributed by atoms with E-state index in [1.54, 1.807) is 35.1 Å². The molecule has 3 heterocycles. The maximum Gasteiger partial charge on any atom is 0.280 e. The fourth-order valence-electron chi connectivity index (χ4n) is 3.66. The number of likely N-dealkylation sites (tertiary alicyclic amines) is 1. The summed E-state index contributed by atoms with van der Waals surface area (Å²) in [6.45, 7) is 1.22. The van der Waals surface area contributed by atoms with Crippen molar-refractivity contribution in [3.63, 3.8) is 0 Å². The van der Waals surface area contributed by atoms with Gasteiger partial charge in [-0.05, 0) is 43.9 Å². The molecule has 1 aromatic carbocycles. The van der Waals surface area contributed by atoms with Crippen molar-refractivity contribution in [2.24, 2.45) is 0 Å². The van der Waals surface area contributed by atoms with E-state index in [2.05, 4.69) is 26.5 Å². The zero-order chi connectivity index (χ0) is 19.8. The first-order valence-corrected chi connectivity index (χ1v) is 9.76. The minimum absolute atomic E-state index is 0.0268. The molecule has 0 bridgehead atoms. The Morgan fingerprint density at radius 3 is 3.00 bits per heavy atom. The maximum atomic E-state index is 12.9. The number of piperidine rings is 1. The molecule has 0 spiro atoms. The van der Waals surface area contributed by atoms with Crippen LogP contribution in [0.1, 0.15) is 59.4 Å². The molecular formula is C20H19N7O2. The molecular weight excluding hydrogens is 370 g/mol. The molecule has 9 heteroatoms. The number of benzene rings is 1. The summed E-state index contributed by atoms with van der Waals surface area (Å²) in [4.78, 5) is 19.1. The summed E-state index contributed by atoms with van der Waals surface area (Å²) in [5, 5.41) is 21.5. The van der Waals surface area contributed by atoms with E-state index in [9.17, 15) is 4.79 Å². The summed E-state index contributed by atoms with van der Waals surface area (Å²) in [5.74, 6) is 1.47. The molecule has 1 aliphatic heterocycles. The lowest BCUT2D eigenvalue weighted by molar-refractivity contribution is 0.0672. The van der Waals surface area contributed by atoms with Gasteiger partial charge in [-0.2, -0.15) is 10.2 Å². The number of carbonyl (C=O) groups excluding carboxylic acids is 1. The standard InChI is InChI=1S/C20H19N7O2/c21-10-13-3-1-4-15(9-13)20(28)26-8-2-5-16(11-26)27-12-17(23-25-27)19-22-18(24-29-19)14-6-7-14/h1,3-4,9,12,14,16H,2,5-8,11H2. The van der Waals surface area contributed by atoms with Crippen molar-refractivity contribution in [2.75, 3.05) is 13.1 Å². The first-order valence-electron chi connectivity index (χ1n) is 9.76. The summed E-state index contributed by atoms with van der Waals surface area (Å²) in [5.41, 5.74) is 1.56. The lowest BCUT2D eigenvalue weighted by Crippen LogP contribution is -2.40. The molecule has 9 nitrogen and oxygen atoms in total. The molecule has 2 fully saturated rings. The quantitative estimate of drug-likeness (QED) is 0.673. The molecule has 29 heavy (non-hydrogen) atoms. The van der Waals surface area contributed by atoms with Gasteiger partial charge >= 0.3 is 0 Å². The third kappa shape index (κ3) is 3.49. The van der Waals surface area contributed by atoms with Gasteiger partial charge in [0.1, 0.15) is 0 Å². The highest BCUT2D eigenvalue weighted by Crippen LogP contribution is 2.38. The highest BCUT2D eigenvalue weighted by molar-refractivity contribution is 5.94. The van der Waals surface area contributed by atoms with Crippen molar-refractivity contribution in [3.05, 3.63) is 47.4 Å². The van der Waals surface area contributed by atoms with Crippen LogP contribution >= 0.6 is 0 Å². The molecule has 2 aliphatic rings. The molecule has 1 unspecified atom stereocenters. The van der Waals surface area contributed by atoms with E-state index in [-0.39, 0.29) is 11.9 Å². The van der Waals surface area contributed by atoms with Gasteiger partial charge in [0.05, 0.1) is 23.9 Å². The van der Waals surface area contributed by atoms with Crippen LogP contribution in [-0.2, 0) is 0 Å². The highest BCUT2D eigenvalue weighted by atomic mass is 16.5. The van der Waals surface area contributed by atoms with Crippen molar-refractivity contribution in [1.82, 2.24) is 30.0 Å². The van der Waals surface area contributed by atoms with E-state index in [0.717, 1.165) is 31.5 Å². The number of aromatic nitrogens is 5. The Morgan fingerprint density at radius 1 is 1.28 bits per heavy atom. The molecule has 1 atom stereocenters. The van der Waals surface area contributed by atoms with E-state index in [1.165, 1.54) is 0 Å². The van der Waals surface area contributed by atoms with Crippen molar-refractivity contribution in [2.45, 2.75) is 37.6 Å². The maximum absolute atomic E-state index is 12.9. The molecule has 1 amide bonds. The Balaban J connectivity index is 1.31. The largest absolute Gasteiger partial charge is 0.337 e. The number of hydrogen-bond donors (Lipinski definition) is 0. The molecule has 146 valence electrons. The monoisotopic (exact) mass is 389 g/mol.